The van der Waals surface area contributed by atoms with Crippen molar-refractivity contribution in [2.75, 3.05) is 14.2 Å². The van der Waals surface area contributed by atoms with Crippen molar-refractivity contribution in [3.8, 4) is 0 Å². The van der Waals surface area contributed by atoms with Crippen LogP contribution < -0.4 is 0 Å². The molecule has 0 saturated heterocycles. The lowest BCUT2D eigenvalue weighted by Crippen LogP contribution is -2.01. The molecule has 0 aromatic rings. The monoisotopic (exact) mass is 160 g/mol. The summed E-state index contributed by atoms with van der Waals surface area (Å²) in [4.78, 5) is 0. The van der Waals surface area contributed by atoms with Crippen LogP contribution in [-0.2, 0) is 9.47 Å². The van der Waals surface area contributed by atoms with Gasteiger partial charge in [-0.3, -0.25) is 0 Å². The van der Waals surface area contributed by atoms with Crippen molar-refractivity contribution in [1.29, 1.82) is 0 Å². The summed E-state index contributed by atoms with van der Waals surface area (Å²) in [6.45, 7) is 4.26. The third kappa shape index (κ3) is 2.43. The molecule has 0 unspecified atom stereocenters. The zero-order chi connectivity index (χ0) is 7.98. The van der Waals surface area contributed by atoms with E-state index in [-0.39, 0.29) is 9.52 Å². The lowest BCUT2D eigenvalue weighted by atomic mass is 10.4. The molecule has 0 atom stereocenters. The Morgan fingerprint density at radius 1 is 1.30 bits per heavy atom. The standard InChI is InChI=1S/C7H16O2Si/c1-5-6(8-2)7(9-3)10-4/h5,10H2,1-4H3. The van der Waals surface area contributed by atoms with Gasteiger partial charge in [0.05, 0.1) is 14.2 Å². The molecule has 0 aliphatic carbocycles. The normalized spacial score (nSPS) is 13.6. The fourth-order valence-corrected chi connectivity index (χ4v) is 1.99. The maximum absolute atomic E-state index is 5.16. The molecular weight excluding hydrogens is 144 g/mol. The van der Waals surface area contributed by atoms with E-state index in [9.17, 15) is 0 Å². The van der Waals surface area contributed by atoms with Crippen molar-refractivity contribution in [2.45, 2.75) is 19.9 Å². The Labute approximate surface area is 65.0 Å². The van der Waals surface area contributed by atoms with Crippen LogP contribution in [0.15, 0.2) is 11.1 Å². The molecule has 0 aromatic carbocycles. The summed E-state index contributed by atoms with van der Waals surface area (Å²) >= 11 is 0. The minimum atomic E-state index is -0.209. The van der Waals surface area contributed by atoms with Crippen LogP contribution in [0.1, 0.15) is 13.3 Å². The van der Waals surface area contributed by atoms with E-state index in [1.807, 2.05) is 0 Å². The molecule has 0 aliphatic rings. The predicted molar refractivity (Wildman–Crippen MR) is 45.7 cm³/mol. The predicted octanol–water partition coefficient (Wildman–Crippen LogP) is 1.08. The zero-order valence-corrected chi connectivity index (χ0v) is 8.64. The molecule has 0 amide bonds. The topological polar surface area (TPSA) is 18.5 Å². The van der Waals surface area contributed by atoms with Crippen molar-refractivity contribution < 1.29 is 9.47 Å². The Morgan fingerprint density at radius 2 is 1.90 bits per heavy atom. The molecule has 0 fully saturated rings. The minimum absolute atomic E-state index is 0.209. The Morgan fingerprint density at radius 3 is 2.00 bits per heavy atom. The molecule has 0 radical (unpaired) electrons. The van der Waals surface area contributed by atoms with Crippen LogP contribution >= 0.6 is 0 Å². The van der Waals surface area contributed by atoms with Crippen LogP contribution in [0, 0.1) is 0 Å². The number of allylic oxidation sites excluding steroid dienone is 1. The fourth-order valence-electron chi connectivity index (χ4n) is 0.911. The van der Waals surface area contributed by atoms with Gasteiger partial charge in [-0.1, -0.05) is 13.5 Å². The molecule has 0 saturated carbocycles. The van der Waals surface area contributed by atoms with Crippen LogP contribution in [0.25, 0.3) is 0 Å². The zero-order valence-electron chi connectivity index (χ0n) is 7.23. The highest BCUT2D eigenvalue weighted by Gasteiger charge is 2.01. The average molecular weight is 160 g/mol. The number of methoxy groups -OCH3 is 2. The van der Waals surface area contributed by atoms with E-state index in [0.717, 1.165) is 17.6 Å². The summed E-state index contributed by atoms with van der Waals surface area (Å²) in [6.07, 6.45) is 0.931. The molecule has 0 aliphatic heterocycles. The average Bonchev–Trinajstić information content (AvgIpc) is 2.00. The Kier molecular flexibility index (Phi) is 5.11. The van der Waals surface area contributed by atoms with Crippen molar-refractivity contribution in [3.63, 3.8) is 0 Å². The van der Waals surface area contributed by atoms with Crippen LogP contribution in [0.3, 0.4) is 0 Å². The van der Waals surface area contributed by atoms with Gasteiger partial charge < -0.3 is 9.47 Å². The Balaban J connectivity index is 4.20. The van der Waals surface area contributed by atoms with Crippen molar-refractivity contribution in [1.82, 2.24) is 0 Å². The van der Waals surface area contributed by atoms with E-state index < -0.39 is 0 Å². The van der Waals surface area contributed by atoms with E-state index in [1.54, 1.807) is 14.2 Å². The summed E-state index contributed by atoms with van der Waals surface area (Å²) in [5.74, 6) is 1.01. The summed E-state index contributed by atoms with van der Waals surface area (Å²) in [7, 11) is 3.20. The Bertz CT molecular complexity index is 94.8. The number of hydrogen-bond acceptors (Lipinski definition) is 2. The van der Waals surface area contributed by atoms with Crippen LogP contribution in [0.4, 0.5) is 0 Å². The van der Waals surface area contributed by atoms with Gasteiger partial charge in [0.1, 0.15) is 20.7 Å². The highest BCUT2D eigenvalue weighted by atomic mass is 28.2. The maximum Gasteiger partial charge on any atom is 0.127 e. The van der Waals surface area contributed by atoms with Crippen molar-refractivity contribution in [3.05, 3.63) is 11.1 Å². The van der Waals surface area contributed by atoms with Gasteiger partial charge in [-0.05, 0) is 0 Å². The second kappa shape index (κ2) is 5.35. The fraction of sp³-hybridized carbons (Fsp3) is 0.714. The first-order chi connectivity index (χ1) is 4.79. The first kappa shape index (κ1) is 9.56. The van der Waals surface area contributed by atoms with E-state index in [1.165, 1.54) is 0 Å². The van der Waals surface area contributed by atoms with Crippen molar-refractivity contribution in [2.24, 2.45) is 0 Å². The molecule has 0 spiro atoms. The quantitative estimate of drug-likeness (QED) is 0.452. The van der Waals surface area contributed by atoms with Gasteiger partial charge in [0.15, 0.2) is 0 Å². The van der Waals surface area contributed by atoms with Gasteiger partial charge in [-0.25, -0.2) is 0 Å². The summed E-state index contributed by atoms with van der Waals surface area (Å²) in [5.41, 5.74) is 0. The van der Waals surface area contributed by atoms with E-state index >= 15 is 0 Å². The van der Waals surface area contributed by atoms with Gasteiger partial charge in [-0.15, -0.1) is 0 Å². The summed E-state index contributed by atoms with van der Waals surface area (Å²) in [6, 6.07) is 0. The SMILES string of the molecule is CCC(OC)=C(OC)[SiH2]C. The minimum Gasteiger partial charge on any atom is -0.504 e. The number of rotatable bonds is 4. The lowest BCUT2D eigenvalue weighted by molar-refractivity contribution is 0.231. The third-order valence-corrected chi connectivity index (χ3v) is 2.77. The summed E-state index contributed by atoms with van der Waals surface area (Å²) < 4.78 is 10.3. The first-order valence-corrected chi connectivity index (χ1v) is 5.72. The van der Waals surface area contributed by atoms with Gasteiger partial charge >= 0.3 is 0 Å². The number of hydrogen-bond donors (Lipinski definition) is 0. The molecule has 0 bridgehead atoms. The molecule has 0 aromatic heterocycles. The molecule has 0 rings (SSSR count). The maximum atomic E-state index is 5.16. The van der Waals surface area contributed by atoms with Gasteiger partial charge in [0.25, 0.3) is 0 Å². The van der Waals surface area contributed by atoms with E-state index in [0.29, 0.717) is 0 Å². The molecule has 0 N–H and O–H groups in total. The van der Waals surface area contributed by atoms with Crippen LogP contribution in [-0.4, -0.2) is 23.7 Å². The van der Waals surface area contributed by atoms with Gasteiger partial charge in [0.2, 0.25) is 0 Å². The smallest absolute Gasteiger partial charge is 0.127 e. The molecule has 10 heavy (non-hydrogen) atoms. The molecular formula is C7H16O2Si. The summed E-state index contributed by atoms with van der Waals surface area (Å²) in [5, 5.41) is 1.09. The highest BCUT2D eigenvalue weighted by Crippen LogP contribution is 2.08. The van der Waals surface area contributed by atoms with Gasteiger partial charge in [0, 0.05) is 6.42 Å². The largest absolute Gasteiger partial charge is 0.504 e. The Hall–Kier alpha value is -0.443. The lowest BCUT2D eigenvalue weighted by Gasteiger charge is -2.09. The van der Waals surface area contributed by atoms with Crippen molar-refractivity contribution >= 4 is 9.52 Å². The molecule has 3 heteroatoms. The van der Waals surface area contributed by atoms with E-state index in [4.69, 9.17) is 9.47 Å². The molecule has 0 heterocycles. The molecule has 60 valence electrons. The highest BCUT2D eigenvalue weighted by molar-refractivity contribution is 6.42. The van der Waals surface area contributed by atoms with Crippen LogP contribution in [0.5, 0.6) is 0 Å². The van der Waals surface area contributed by atoms with E-state index in [2.05, 4.69) is 13.5 Å². The second-order valence-corrected chi connectivity index (χ2v) is 3.31. The number of ether oxygens (including phenoxy) is 2. The molecule has 2 nitrogen and oxygen atoms in total. The van der Waals surface area contributed by atoms with Gasteiger partial charge in [-0.2, -0.15) is 0 Å². The third-order valence-electron chi connectivity index (χ3n) is 1.45. The first-order valence-electron chi connectivity index (χ1n) is 3.60. The second-order valence-electron chi connectivity index (χ2n) is 1.96. The van der Waals surface area contributed by atoms with Crippen LogP contribution in [0.2, 0.25) is 6.55 Å².